The molecule has 0 atom stereocenters. The van der Waals surface area contributed by atoms with Crippen molar-refractivity contribution >= 4 is 66.7 Å². The standard InChI is InChI=1S/C13H14N3.C9H9N.C4H4BrNO2.C4H6N2.BrH/c1-10-11-5-3-4-6-12(11)14-13(10)16-8-7-15(2)9-16;1-7-6-10-9-5-3-2-4-8(7)9;5-6-3(7)1-2-4(6)8;1-6-3-2-5-4-6;/h3-9,14H,1-2H3;2-6,10H,1H3;1-2H2;2-4H,1H3;1H/q+1;;;;. The number of carbonyl (C=O) groups excluding carboxylic acids is 2. The highest BCUT2D eigenvalue weighted by Gasteiger charge is 2.26. The van der Waals surface area contributed by atoms with Crippen molar-refractivity contribution in [1.82, 2.24) is 28.0 Å². The normalized spacial score (nSPS) is 12.2. The molecule has 2 N–H and O–H groups in total. The second-order valence-electron chi connectivity index (χ2n) is 9.44. The van der Waals surface area contributed by atoms with Crippen molar-refractivity contribution in [2.45, 2.75) is 26.7 Å². The van der Waals surface area contributed by atoms with Gasteiger partial charge in [0.15, 0.2) is 0 Å². The van der Waals surface area contributed by atoms with Gasteiger partial charge < -0.3 is 14.5 Å². The molecule has 214 valence electrons. The van der Waals surface area contributed by atoms with Gasteiger partial charge in [0.25, 0.3) is 0 Å². The van der Waals surface area contributed by atoms with Crippen molar-refractivity contribution in [3.8, 4) is 5.82 Å². The molecule has 0 spiro atoms. The number of amides is 2. The quantitative estimate of drug-likeness (QED) is 0.126. The van der Waals surface area contributed by atoms with Gasteiger partial charge in [-0.05, 0) is 31.5 Å². The number of imidazole rings is 2. The van der Waals surface area contributed by atoms with Crippen molar-refractivity contribution in [3.63, 3.8) is 0 Å². The fourth-order valence-electron chi connectivity index (χ4n) is 4.20. The Morgan fingerprint density at radius 3 is 2.02 bits per heavy atom. The molecule has 5 heterocycles. The minimum Gasteiger partial charge on any atom is -0.361 e. The summed E-state index contributed by atoms with van der Waals surface area (Å²) in [6.45, 7) is 4.26. The molecule has 0 bridgehead atoms. The molecule has 1 aliphatic heterocycles. The molecule has 0 aliphatic carbocycles. The Morgan fingerprint density at radius 1 is 0.927 bits per heavy atom. The van der Waals surface area contributed by atoms with Gasteiger partial charge in [0.1, 0.15) is 12.4 Å². The molecule has 7 rings (SSSR count). The average molecular weight is 684 g/mol. The fraction of sp³-hybridized carbons (Fsp3) is 0.200. The summed E-state index contributed by atoms with van der Waals surface area (Å²) < 4.78 is 7.01. The smallest absolute Gasteiger partial charge is 0.249 e. The van der Waals surface area contributed by atoms with Crippen LogP contribution in [0.4, 0.5) is 0 Å². The first-order chi connectivity index (χ1) is 19.2. The van der Waals surface area contributed by atoms with E-state index in [0.29, 0.717) is 12.8 Å². The molecule has 0 saturated carbocycles. The van der Waals surface area contributed by atoms with Gasteiger partial charge in [-0.1, -0.05) is 36.4 Å². The number of rotatable bonds is 1. The zero-order chi connectivity index (χ0) is 28.6. The van der Waals surface area contributed by atoms with E-state index >= 15 is 0 Å². The van der Waals surface area contributed by atoms with Crippen LogP contribution in [0.3, 0.4) is 0 Å². The number of aryl methyl sites for hydroxylation is 4. The number of imide groups is 1. The summed E-state index contributed by atoms with van der Waals surface area (Å²) >= 11 is 2.80. The predicted octanol–water partition coefficient (Wildman–Crippen LogP) is 6.01. The molecular weight excluding hydrogens is 650 g/mol. The molecule has 9 nitrogen and oxygen atoms in total. The molecule has 2 aromatic carbocycles. The molecule has 1 saturated heterocycles. The topological polar surface area (TPSA) is 95.6 Å². The largest absolute Gasteiger partial charge is 0.361 e. The third-order valence-corrected chi connectivity index (χ3v) is 7.18. The van der Waals surface area contributed by atoms with Crippen molar-refractivity contribution in [3.05, 3.63) is 103 Å². The fourth-order valence-corrected chi connectivity index (χ4v) is 4.55. The van der Waals surface area contributed by atoms with Crippen LogP contribution in [0.5, 0.6) is 0 Å². The molecular formula is C30H34Br2N7O2+. The maximum atomic E-state index is 10.4. The molecule has 0 unspecified atom stereocenters. The second-order valence-corrected chi connectivity index (χ2v) is 10.2. The lowest BCUT2D eigenvalue weighted by atomic mass is 10.2. The summed E-state index contributed by atoms with van der Waals surface area (Å²) in [5.41, 5.74) is 5.01. The molecule has 1 fully saturated rings. The van der Waals surface area contributed by atoms with Gasteiger partial charge in [0, 0.05) is 65.8 Å². The van der Waals surface area contributed by atoms with Crippen molar-refractivity contribution < 1.29 is 14.2 Å². The summed E-state index contributed by atoms with van der Waals surface area (Å²) in [4.78, 5) is 31.3. The minimum atomic E-state index is -0.144. The van der Waals surface area contributed by atoms with Gasteiger partial charge >= 0.3 is 0 Å². The van der Waals surface area contributed by atoms with Crippen LogP contribution in [-0.2, 0) is 23.7 Å². The van der Waals surface area contributed by atoms with Crippen molar-refractivity contribution in [2.75, 3.05) is 0 Å². The zero-order valence-electron chi connectivity index (χ0n) is 23.4. The number of carbonyl (C=O) groups is 2. The van der Waals surface area contributed by atoms with Crippen LogP contribution in [0, 0.1) is 13.8 Å². The van der Waals surface area contributed by atoms with Gasteiger partial charge in [0.05, 0.1) is 29.5 Å². The Labute approximate surface area is 257 Å². The van der Waals surface area contributed by atoms with Gasteiger partial charge in [-0.25, -0.2) is 13.5 Å². The first-order valence-corrected chi connectivity index (χ1v) is 13.5. The molecule has 4 aromatic heterocycles. The maximum absolute atomic E-state index is 10.4. The first-order valence-electron chi connectivity index (χ1n) is 12.8. The van der Waals surface area contributed by atoms with E-state index < -0.39 is 0 Å². The third-order valence-electron chi connectivity index (χ3n) is 6.39. The number of hydrogen-bond donors (Lipinski definition) is 2. The van der Waals surface area contributed by atoms with E-state index in [4.69, 9.17) is 0 Å². The summed E-state index contributed by atoms with van der Waals surface area (Å²) in [5.74, 6) is 0.854. The summed E-state index contributed by atoms with van der Waals surface area (Å²) in [6, 6.07) is 16.7. The van der Waals surface area contributed by atoms with E-state index in [0.717, 1.165) is 9.74 Å². The van der Waals surface area contributed by atoms with Crippen LogP contribution in [0.1, 0.15) is 24.0 Å². The number of aromatic amines is 2. The van der Waals surface area contributed by atoms with Gasteiger partial charge in [0.2, 0.25) is 24.0 Å². The van der Waals surface area contributed by atoms with Crippen molar-refractivity contribution in [1.29, 1.82) is 0 Å². The molecule has 11 heteroatoms. The van der Waals surface area contributed by atoms with E-state index in [-0.39, 0.29) is 28.8 Å². The molecule has 2 amide bonds. The third kappa shape index (κ3) is 8.05. The highest BCUT2D eigenvalue weighted by Crippen LogP contribution is 2.23. The first kappa shape index (κ1) is 31.6. The molecule has 6 aromatic rings. The van der Waals surface area contributed by atoms with Gasteiger partial charge in [-0.2, -0.15) is 4.57 Å². The van der Waals surface area contributed by atoms with Gasteiger partial charge in [-0.3, -0.25) is 9.59 Å². The minimum absolute atomic E-state index is 0. The number of benzene rings is 2. The molecule has 0 radical (unpaired) electrons. The zero-order valence-corrected chi connectivity index (χ0v) is 26.7. The Kier molecular flexibility index (Phi) is 11.2. The Bertz CT molecular complexity index is 1700. The Morgan fingerprint density at radius 2 is 1.56 bits per heavy atom. The van der Waals surface area contributed by atoms with Gasteiger partial charge in [-0.15, -0.1) is 17.0 Å². The number of para-hydroxylation sites is 2. The average Bonchev–Trinajstić information content (AvgIpc) is 3.80. The maximum Gasteiger partial charge on any atom is 0.249 e. The predicted molar refractivity (Wildman–Crippen MR) is 170 cm³/mol. The second kappa shape index (κ2) is 14.6. The SMILES string of the molecule is Br.Cc1c(-n2cc[n+](C)c2)[nH]c2ccccc12.Cc1c[nH]c2ccccc12.Cn1ccnc1.O=C1CCC(=O)N1Br. The number of halogens is 2. The number of aromatic nitrogens is 6. The van der Waals surface area contributed by atoms with E-state index in [1.807, 2.05) is 47.9 Å². The van der Waals surface area contributed by atoms with Crippen LogP contribution in [0.25, 0.3) is 27.6 Å². The van der Waals surface area contributed by atoms with E-state index in [9.17, 15) is 9.59 Å². The number of H-pyrrole nitrogens is 2. The van der Waals surface area contributed by atoms with Crippen molar-refractivity contribution in [2.24, 2.45) is 14.1 Å². The Balaban J connectivity index is 0.000000160. The van der Waals surface area contributed by atoms with Crippen LogP contribution in [0.15, 0.2) is 92.2 Å². The Hall–Kier alpha value is -3.96. The monoisotopic (exact) mass is 682 g/mol. The lowest BCUT2D eigenvalue weighted by molar-refractivity contribution is -0.670. The van der Waals surface area contributed by atoms with E-state index in [1.54, 1.807) is 12.5 Å². The summed E-state index contributed by atoms with van der Waals surface area (Å²) in [6.07, 6.45) is 14.3. The molecule has 1 aliphatic rings. The molecule has 41 heavy (non-hydrogen) atoms. The number of nitrogens with one attached hydrogen (secondary N) is 2. The van der Waals surface area contributed by atoms with E-state index in [1.165, 1.54) is 32.9 Å². The van der Waals surface area contributed by atoms with Crippen LogP contribution < -0.4 is 4.57 Å². The van der Waals surface area contributed by atoms with Crippen LogP contribution in [0.2, 0.25) is 0 Å². The lowest BCUT2D eigenvalue weighted by Gasteiger charge is -1.97. The lowest BCUT2D eigenvalue weighted by Crippen LogP contribution is -2.23. The number of fused-ring (bicyclic) bond motifs is 2. The highest BCUT2D eigenvalue weighted by atomic mass is 79.9. The summed E-state index contributed by atoms with van der Waals surface area (Å²) in [7, 11) is 3.96. The summed E-state index contributed by atoms with van der Waals surface area (Å²) in [5, 5.41) is 2.61. The van der Waals surface area contributed by atoms with Crippen LogP contribution >= 0.6 is 33.1 Å². The highest BCUT2D eigenvalue weighted by molar-refractivity contribution is 9.08. The number of nitrogens with zero attached hydrogens (tertiary/aromatic N) is 5. The number of hydrogen-bond acceptors (Lipinski definition) is 3. The van der Waals surface area contributed by atoms with E-state index in [2.05, 4.69) is 105 Å². The van der Waals surface area contributed by atoms with Crippen LogP contribution in [-0.4, -0.2) is 39.8 Å².